The van der Waals surface area contributed by atoms with Crippen molar-refractivity contribution in [3.8, 4) is 0 Å². The van der Waals surface area contributed by atoms with Gasteiger partial charge in [0.25, 0.3) is 10.0 Å². The van der Waals surface area contributed by atoms with Gasteiger partial charge in [0.2, 0.25) is 0 Å². The first kappa shape index (κ1) is 14.6. The number of rotatable bonds is 4. The minimum Gasteiger partial charge on any atom is -0.478 e. The number of nitrogens with zero attached hydrogens (tertiary/aromatic N) is 1. The van der Waals surface area contributed by atoms with Crippen LogP contribution in [0.25, 0.3) is 0 Å². The van der Waals surface area contributed by atoms with Gasteiger partial charge in [-0.15, -0.1) is 0 Å². The van der Waals surface area contributed by atoms with Crippen molar-refractivity contribution in [3.05, 3.63) is 40.1 Å². The van der Waals surface area contributed by atoms with Gasteiger partial charge in [-0.1, -0.05) is 23.2 Å². The van der Waals surface area contributed by atoms with E-state index >= 15 is 0 Å². The van der Waals surface area contributed by atoms with Crippen LogP contribution in [0.2, 0.25) is 10.0 Å². The van der Waals surface area contributed by atoms with E-state index in [-0.39, 0.29) is 15.6 Å². The molecule has 1 aromatic heterocycles. The molecule has 0 bridgehead atoms. The summed E-state index contributed by atoms with van der Waals surface area (Å²) in [5.41, 5.74) is -0.281. The molecule has 0 saturated carbocycles. The molecule has 0 aliphatic heterocycles. The van der Waals surface area contributed by atoms with Crippen molar-refractivity contribution in [2.45, 2.75) is 4.90 Å². The molecule has 0 radical (unpaired) electrons. The summed E-state index contributed by atoms with van der Waals surface area (Å²) in [6.45, 7) is 0. The largest absolute Gasteiger partial charge is 0.478 e. The lowest BCUT2D eigenvalue weighted by Gasteiger charge is -2.10. The van der Waals surface area contributed by atoms with Crippen molar-refractivity contribution in [1.29, 1.82) is 0 Å². The summed E-state index contributed by atoms with van der Waals surface area (Å²) >= 11 is 11.5. The molecule has 20 heavy (non-hydrogen) atoms. The van der Waals surface area contributed by atoms with Crippen molar-refractivity contribution in [1.82, 2.24) is 10.2 Å². The molecule has 3 N–H and O–H groups in total. The number of aromatic amines is 1. The molecular weight excluding hydrogens is 329 g/mol. The Labute approximate surface area is 123 Å². The topological polar surface area (TPSA) is 112 Å². The number of benzene rings is 1. The van der Waals surface area contributed by atoms with Crippen LogP contribution in [0.1, 0.15) is 10.4 Å². The summed E-state index contributed by atoms with van der Waals surface area (Å²) in [6.07, 6.45) is 2.57. The summed E-state index contributed by atoms with van der Waals surface area (Å²) in [5.74, 6) is -1.42. The van der Waals surface area contributed by atoms with Gasteiger partial charge in [-0.3, -0.25) is 9.82 Å². The summed E-state index contributed by atoms with van der Waals surface area (Å²) in [6, 6.07) is 2.28. The number of aromatic nitrogens is 2. The minimum atomic E-state index is -4.05. The molecule has 2 aromatic rings. The number of hydrogen-bond acceptors (Lipinski definition) is 4. The quantitative estimate of drug-likeness (QED) is 0.792. The van der Waals surface area contributed by atoms with Crippen molar-refractivity contribution >= 4 is 44.9 Å². The fourth-order valence-corrected chi connectivity index (χ4v) is 3.41. The van der Waals surface area contributed by atoms with E-state index in [2.05, 4.69) is 14.9 Å². The van der Waals surface area contributed by atoms with E-state index in [0.29, 0.717) is 0 Å². The molecule has 10 heteroatoms. The lowest BCUT2D eigenvalue weighted by molar-refractivity contribution is 0.0697. The van der Waals surface area contributed by atoms with E-state index in [0.717, 1.165) is 12.1 Å². The molecule has 0 saturated heterocycles. The van der Waals surface area contributed by atoms with Crippen molar-refractivity contribution in [3.63, 3.8) is 0 Å². The molecule has 1 heterocycles. The van der Waals surface area contributed by atoms with Crippen LogP contribution in [0.3, 0.4) is 0 Å². The third kappa shape index (κ3) is 2.72. The average molecular weight is 336 g/mol. The van der Waals surface area contributed by atoms with Crippen LogP contribution in [0.4, 0.5) is 5.69 Å². The maximum atomic E-state index is 12.1. The van der Waals surface area contributed by atoms with Gasteiger partial charge in [0.1, 0.15) is 4.90 Å². The third-order valence-corrected chi connectivity index (χ3v) is 4.55. The fraction of sp³-hybridized carbons (Fsp3) is 0. The Morgan fingerprint density at radius 2 is 2.05 bits per heavy atom. The SMILES string of the molecule is O=C(O)c1c(Cl)ccc(S(=O)(=O)Nc2cn[nH]c2)c1Cl. The standard InChI is InChI=1S/C10H7Cl2N3O4S/c11-6-1-2-7(9(12)8(6)10(16)17)20(18,19)15-5-3-13-14-4-5/h1-4,15H,(H,13,14)(H,16,17). The average Bonchev–Trinajstić information content (AvgIpc) is 2.79. The zero-order valence-electron chi connectivity index (χ0n) is 9.59. The highest BCUT2D eigenvalue weighted by Gasteiger charge is 2.25. The number of anilines is 1. The molecule has 2 rings (SSSR count). The molecular formula is C10H7Cl2N3O4S. The molecule has 0 amide bonds. The molecule has 0 fully saturated rings. The number of hydrogen-bond donors (Lipinski definition) is 3. The maximum absolute atomic E-state index is 12.1. The van der Waals surface area contributed by atoms with Gasteiger partial charge in [0.15, 0.2) is 0 Å². The zero-order chi connectivity index (χ0) is 14.9. The third-order valence-electron chi connectivity index (χ3n) is 2.31. The summed E-state index contributed by atoms with van der Waals surface area (Å²) in [7, 11) is -4.05. The normalized spacial score (nSPS) is 11.3. The molecule has 1 aromatic carbocycles. The van der Waals surface area contributed by atoms with Crippen molar-refractivity contribution < 1.29 is 18.3 Å². The van der Waals surface area contributed by atoms with E-state index in [9.17, 15) is 13.2 Å². The predicted octanol–water partition coefficient (Wildman–Crippen LogP) is 2.22. The molecule has 7 nitrogen and oxygen atoms in total. The number of sulfonamides is 1. The van der Waals surface area contributed by atoms with E-state index in [1.807, 2.05) is 0 Å². The van der Waals surface area contributed by atoms with Gasteiger partial charge in [0, 0.05) is 6.20 Å². The number of nitrogens with one attached hydrogen (secondary N) is 2. The summed E-state index contributed by atoms with van der Waals surface area (Å²) < 4.78 is 26.5. The van der Waals surface area contributed by atoms with Crippen LogP contribution >= 0.6 is 23.2 Å². The molecule has 106 valence electrons. The van der Waals surface area contributed by atoms with Crippen molar-refractivity contribution in [2.75, 3.05) is 4.72 Å². The molecule has 0 spiro atoms. The lowest BCUT2D eigenvalue weighted by Crippen LogP contribution is -2.14. The second kappa shape index (κ2) is 5.31. The van der Waals surface area contributed by atoms with Gasteiger partial charge in [0.05, 0.1) is 27.5 Å². The first-order valence-electron chi connectivity index (χ1n) is 5.06. The van der Waals surface area contributed by atoms with Gasteiger partial charge in [-0.05, 0) is 12.1 Å². The summed E-state index contributed by atoms with van der Waals surface area (Å²) in [4.78, 5) is 10.7. The molecule has 0 atom stereocenters. The predicted molar refractivity (Wildman–Crippen MR) is 72.8 cm³/mol. The highest BCUT2D eigenvalue weighted by Crippen LogP contribution is 2.31. The number of halogens is 2. The van der Waals surface area contributed by atoms with Crippen LogP contribution in [0.15, 0.2) is 29.4 Å². The van der Waals surface area contributed by atoms with Crippen LogP contribution < -0.4 is 4.72 Å². The number of carbonyl (C=O) groups is 1. The Hall–Kier alpha value is -1.77. The monoisotopic (exact) mass is 335 g/mol. The Kier molecular flexibility index (Phi) is 3.89. The van der Waals surface area contributed by atoms with Crippen LogP contribution in [0, 0.1) is 0 Å². The van der Waals surface area contributed by atoms with E-state index in [1.165, 1.54) is 12.4 Å². The number of carboxylic acid groups (broad SMARTS) is 1. The van der Waals surface area contributed by atoms with E-state index in [4.69, 9.17) is 28.3 Å². The number of aromatic carboxylic acids is 1. The van der Waals surface area contributed by atoms with E-state index in [1.54, 1.807) is 0 Å². The minimum absolute atomic E-state index is 0.148. The Morgan fingerprint density at radius 3 is 2.60 bits per heavy atom. The smallest absolute Gasteiger partial charge is 0.338 e. The Balaban J connectivity index is 2.53. The number of H-pyrrole nitrogens is 1. The number of carboxylic acids is 1. The van der Waals surface area contributed by atoms with Crippen LogP contribution in [-0.4, -0.2) is 29.7 Å². The van der Waals surface area contributed by atoms with Gasteiger partial charge >= 0.3 is 5.97 Å². The first-order chi connectivity index (χ1) is 9.33. The lowest BCUT2D eigenvalue weighted by atomic mass is 10.2. The van der Waals surface area contributed by atoms with E-state index < -0.39 is 26.6 Å². The van der Waals surface area contributed by atoms with Gasteiger partial charge in [-0.2, -0.15) is 5.10 Å². The molecule has 0 unspecified atom stereocenters. The summed E-state index contributed by atoms with van der Waals surface area (Å²) in [5, 5.41) is 14.4. The van der Waals surface area contributed by atoms with Crippen LogP contribution in [0.5, 0.6) is 0 Å². The first-order valence-corrected chi connectivity index (χ1v) is 7.29. The highest BCUT2D eigenvalue weighted by atomic mass is 35.5. The maximum Gasteiger partial charge on any atom is 0.338 e. The second-order valence-corrected chi connectivity index (χ2v) is 6.07. The van der Waals surface area contributed by atoms with Crippen molar-refractivity contribution in [2.24, 2.45) is 0 Å². The second-order valence-electron chi connectivity index (χ2n) is 3.63. The Bertz CT molecular complexity index is 759. The molecule has 0 aliphatic rings. The zero-order valence-corrected chi connectivity index (χ0v) is 11.9. The fourth-order valence-electron chi connectivity index (χ4n) is 1.45. The van der Waals surface area contributed by atoms with Gasteiger partial charge < -0.3 is 5.11 Å². The van der Waals surface area contributed by atoms with Crippen LogP contribution in [-0.2, 0) is 10.0 Å². The Morgan fingerprint density at radius 1 is 1.35 bits per heavy atom. The highest BCUT2D eigenvalue weighted by molar-refractivity contribution is 7.92. The van der Waals surface area contributed by atoms with Gasteiger partial charge in [-0.25, -0.2) is 13.2 Å². The molecule has 0 aliphatic carbocycles.